The summed E-state index contributed by atoms with van der Waals surface area (Å²) in [6.45, 7) is 2.65. The molecule has 2 atom stereocenters. The van der Waals surface area contributed by atoms with E-state index in [4.69, 9.17) is 11.6 Å². The Kier molecular flexibility index (Phi) is 4.14. The molecular formula is C15H16ClIN2O2. The Labute approximate surface area is 142 Å². The van der Waals surface area contributed by atoms with Crippen molar-refractivity contribution in [3.63, 3.8) is 0 Å². The van der Waals surface area contributed by atoms with E-state index in [1.165, 1.54) is 0 Å². The molecule has 6 heteroatoms. The highest BCUT2D eigenvalue weighted by molar-refractivity contribution is 14.1. The van der Waals surface area contributed by atoms with Crippen molar-refractivity contribution in [3.8, 4) is 0 Å². The topological polar surface area (TPSA) is 40.6 Å². The molecule has 0 saturated carbocycles. The van der Waals surface area contributed by atoms with Gasteiger partial charge in [-0.3, -0.25) is 14.5 Å². The Morgan fingerprint density at radius 1 is 1.33 bits per heavy atom. The second-order valence-corrected chi connectivity index (χ2v) is 7.02. The van der Waals surface area contributed by atoms with Crippen molar-refractivity contribution in [2.75, 3.05) is 11.4 Å². The van der Waals surface area contributed by atoms with Crippen molar-refractivity contribution in [1.82, 2.24) is 4.90 Å². The predicted octanol–water partition coefficient (Wildman–Crippen LogP) is 3.06. The number of halogens is 2. The van der Waals surface area contributed by atoms with Crippen LogP contribution in [0.4, 0.5) is 5.69 Å². The van der Waals surface area contributed by atoms with E-state index in [9.17, 15) is 9.59 Å². The van der Waals surface area contributed by atoms with E-state index >= 15 is 0 Å². The first-order chi connectivity index (χ1) is 10.0. The molecule has 2 saturated heterocycles. The highest BCUT2D eigenvalue weighted by Gasteiger charge is 2.47. The quantitative estimate of drug-likeness (QED) is 0.693. The van der Waals surface area contributed by atoms with Crippen LogP contribution in [-0.2, 0) is 9.59 Å². The number of rotatable bonds is 2. The lowest BCUT2D eigenvalue weighted by Crippen LogP contribution is -2.63. The molecule has 1 aromatic rings. The number of benzene rings is 1. The number of amides is 2. The smallest absolute Gasteiger partial charge is 0.250 e. The average molecular weight is 419 g/mol. The van der Waals surface area contributed by atoms with E-state index in [0.717, 1.165) is 22.1 Å². The highest BCUT2D eigenvalue weighted by atomic mass is 127. The molecule has 0 aliphatic carbocycles. The SMILES string of the molecule is CCC1C(=O)N2CCCC2C(=O)N1c1ccc(Cl)cc1I. The fourth-order valence-electron chi connectivity index (χ4n) is 3.22. The summed E-state index contributed by atoms with van der Waals surface area (Å²) in [5, 5.41) is 0.634. The number of hydrogen-bond acceptors (Lipinski definition) is 2. The van der Waals surface area contributed by atoms with Crippen LogP contribution in [0.5, 0.6) is 0 Å². The molecule has 2 heterocycles. The number of fused-ring (bicyclic) bond motifs is 1. The molecule has 0 radical (unpaired) electrons. The van der Waals surface area contributed by atoms with Crippen molar-refractivity contribution in [1.29, 1.82) is 0 Å². The minimum Gasteiger partial charge on any atom is -0.329 e. The molecule has 0 bridgehead atoms. The van der Waals surface area contributed by atoms with Gasteiger partial charge in [0.1, 0.15) is 12.1 Å². The molecule has 2 unspecified atom stereocenters. The molecule has 2 aliphatic rings. The van der Waals surface area contributed by atoms with E-state index in [-0.39, 0.29) is 17.9 Å². The summed E-state index contributed by atoms with van der Waals surface area (Å²) >= 11 is 8.17. The van der Waals surface area contributed by atoms with Crippen molar-refractivity contribution in [3.05, 3.63) is 26.8 Å². The van der Waals surface area contributed by atoms with Gasteiger partial charge in [-0.05, 0) is 60.1 Å². The molecule has 0 aromatic heterocycles. The van der Waals surface area contributed by atoms with Crippen molar-refractivity contribution in [2.24, 2.45) is 0 Å². The molecule has 2 fully saturated rings. The van der Waals surface area contributed by atoms with Crippen LogP contribution in [0.2, 0.25) is 5.02 Å². The van der Waals surface area contributed by atoms with E-state index < -0.39 is 6.04 Å². The van der Waals surface area contributed by atoms with Crippen molar-refractivity contribution >= 4 is 51.7 Å². The van der Waals surface area contributed by atoms with Crippen LogP contribution in [0.25, 0.3) is 0 Å². The molecule has 0 N–H and O–H groups in total. The predicted molar refractivity (Wildman–Crippen MR) is 90.5 cm³/mol. The van der Waals surface area contributed by atoms with Gasteiger partial charge in [0.15, 0.2) is 0 Å². The van der Waals surface area contributed by atoms with E-state index in [1.54, 1.807) is 15.9 Å². The van der Waals surface area contributed by atoms with Gasteiger partial charge >= 0.3 is 0 Å². The first kappa shape index (κ1) is 15.1. The zero-order chi connectivity index (χ0) is 15.1. The number of carbonyl (C=O) groups is 2. The molecule has 3 rings (SSSR count). The molecular weight excluding hydrogens is 403 g/mol. The molecule has 21 heavy (non-hydrogen) atoms. The third-order valence-corrected chi connectivity index (χ3v) is 5.31. The first-order valence-corrected chi connectivity index (χ1v) is 8.59. The number of hydrogen-bond donors (Lipinski definition) is 0. The standard InChI is InChI=1S/C15H16ClIN2O2/c1-2-11-14(20)18-7-3-4-13(18)15(21)19(11)12-6-5-9(16)8-10(12)17/h5-6,8,11,13H,2-4,7H2,1H3. The summed E-state index contributed by atoms with van der Waals surface area (Å²) < 4.78 is 0.895. The fraction of sp³-hybridized carbons (Fsp3) is 0.467. The van der Waals surface area contributed by atoms with Crippen LogP contribution in [0, 0.1) is 3.57 Å². The summed E-state index contributed by atoms with van der Waals surface area (Å²) in [4.78, 5) is 29.0. The van der Waals surface area contributed by atoms with Gasteiger partial charge in [0.25, 0.3) is 5.91 Å². The molecule has 112 valence electrons. The maximum absolute atomic E-state index is 12.9. The summed E-state index contributed by atoms with van der Waals surface area (Å²) in [5.74, 6) is 0.115. The second kappa shape index (κ2) is 5.76. The van der Waals surface area contributed by atoms with Gasteiger partial charge in [0.2, 0.25) is 5.91 Å². The fourth-order valence-corrected chi connectivity index (χ4v) is 4.36. The summed E-state index contributed by atoms with van der Waals surface area (Å²) in [6, 6.07) is 4.74. The lowest BCUT2D eigenvalue weighted by atomic mass is 10.0. The van der Waals surface area contributed by atoms with Crippen LogP contribution >= 0.6 is 34.2 Å². The Morgan fingerprint density at radius 2 is 2.10 bits per heavy atom. The van der Waals surface area contributed by atoms with Gasteiger partial charge < -0.3 is 4.90 Å². The zero-order valence-electron chi connectivity index (χ0n) is 11.7. The van der Waals surface area contributed by atoms with Crippen LogP contribution in [0.3, 0.4) is 0 Å². The summed E-state index contributed by atoms with van der Waals surface area (Å²) in [5.41, 5.74) is 0.789. The third-order valence-electron chi connectivity index (χ3n) is 4.21. The van der Waals surface area contributed by atoms with E-state index in [2.05, 4.69) is 22.6 Å². The van der Waals surface area contributed by atoms with Crippen LogP contribution in [0.1, 0.15) is 26.2 Å². The minimum absolute atomic E-state index is 0.0409. The summed E-state index contributed by atoms with van der Waals surface area (Å²) in [6.07, 6.45) is 2.29. The number of nitrogens with zero attached hydrogens (tertiary/aromatic N) is 2. The lowest BCUT2D eigenvalue weighted by molar-refractivity contribution is -0.144. The Balaban J connectivity index is 2.05. The first-order valence-electron chi connectivity index (χ1n) is 7.13. The number of piperazine rings is 1. The molecule has 2 aliphatic heterocycles. The van der Waals surface area contributed by atoms with Crippen molar-refractivity contribution in [2.45, 2.75) is 38.3 Å². The van der Waals surface area contributed by atoms with E-state index in [0.29, 0.717) is 18.0 Å². The van der Waals surface area contributed by atoms with Gasteiger partial charge in [0, 0.05) is 15.1 Å². The largest absolute Gasteiger partial charge is 0.329 e. The Bertz CT molecular complexity index is 607. The molecule has 4 nitrogen and oxygen atoms in total. The van der Waals surface area contributed by atoms with Gasteiger partial charge in [0.05, 0.1) is 5.69 Å². The maximum atomic E-state index is 12.9. The average Bonchev–Trinajstić information content (AvgIpc) is 2.93. The lowest BCUT2D eigenvalue weighted by Gasteiger charge is -2.42. The minimum atomic E-state index is -0.401. The van der Waals surface area contributed by atoms with Crippen LogP contribution < -0.4 is 4.90 Å². The highest BCUT2D eigenvalue weighted by Crippen LogP contribution is 2.35. The maximum Gasteiger partial charge on any atom is 0.250 e. The third kappa shape index (κ3) is 2.44. The Hall–Kier alpha value is -0.820. The molecule has 1 aromatic carbocycles. The van der Waals surface area contributed by atoms with Gasteiger partial charge in [-0.1, -0.05) is 18.5 Å². The van der Waals surface area contributed by atoms with Crippen LogP contribution in [-0.4, -0.2) is 35.3 Å². The number of carbonyl (C=O) groups excluding carboxylic acids is 2. The van der Waals surface area contributed by atoms with Crippen LogP contribution in [0.15, 0.2) is 18.2 Å². The zero-order valence-corrected chi connectivity index (χ0v) is 14.6. The second-order valence-electron chi connectivity index (χ2n) is 5.42. The van der Waals surface area contributed by atoms with Crippen molar-refractivity contribution < 1.29 is 9.59 Å². The Morgan fingerprint density at radius 3 is 2.76 bits per heavy atom. The van der Waals surface area contributed by atoms with E-state index in [1.807, 2.05) is 19.1 Å². The van der Waals surface area contributed by atoms with Gasteiger partial charge in [-0.2, -0.15) is 0 Å². The summed E-state index contributed by atoms with van der Waals surface area (Å²) in [7, 11) is 0. The molecule has 2 amide bonds. The molecule has 0 spiro atoms. The number of anilines is 1. The van der Waals surface area contributed by atoms with Gasteiger partial charge in [-0.15, -0.1) is 0 Å². The monoisotopic (exact) mass is 418 g/mol. The normalized spacial score (nSPS) is 25.5. The van der Waals surface area contributed by atoms with Gasteiger partial charge in [-0.25, -0.2) is 0 Å².